The molecular weight excluding hydrogens is 384 g/mol. The average molecular weight is 408 g/mol. The van der Waals surface area contributed by atoms with Gasteiger partial charge in [-0.3, -0.25) is 4.98 Å². The zero-order chi connectivity index (χ0) is 21.0. The fraction of sp³-hybridized carbons (Fsp3) is 0.208. The molecule has 3 aromatic rings. The number of hydrogen-bond acceptors (Lipinski definition) is 3. The van der Waals surface area contributed by atoms with Gasteiger partial charge < -0.3 is 0 Å². The molecule has 148 valence electrons. The van der Waals surface area contributed by atoms with Crippen LogP contribution in [0.1, 0.15) is 25.0 Å². The third kappa shape index (κ3) is 4.67. The smallest absolute Gasteiger partial charge is 0.255 e. The fourth-order valence-corrected chi connectivity index (χ4v) is 4.33. The van der Waals surface area contributed by atoms with Gasteiger partial charge in [0, 0.05) is 17.3 Å². The van der Waals surface area contributed by atoms with Gasteiger partial charge in [0.2, 0.25) is 5.31 Å². The molecule has 0 aliphatic heterocycles. The number of nitrogens with zero attached hydrogens (tertiary/aromatic N) is 1. The van der Waals surface area contributed by atoms with Gasteiger partial charge in [0.05, 0.1) is 18.4 Å². The first kappa shape index (κ1) is 21.0. The number of halogens is 1. The van der Waals surface area contributed by atoms with Crippen molar-refractivity contribution in [2.24, 2.45) is 5.92 Å². The standard InChI is InChI=1S/C24H24FNO2P/c1-16(2)14-22(29(27)28-4)21-15-26-24(19-8-6-5-7-9-19)17(3)23(21)18-10-12-20(25)13-11-18/h5-16H,1-4H3/q+1. The summed E-state index contributed by atoms with van der Waals surface area (Å²) in [4.78, 5) is 4.70. The Balaban J connectivity index is 2.32. The zero-order valence-corrected chi connectivity index (χ0v) is 17.9. The molecule has 0 aliphatic carbocycles. The highest BCUT2D eigenvalue weighted by molar-refractivity contribution is 7.51. The molecule has 0 saturated carbocycles. The van der Waals surface area contributed by atoms with Gasteiger partial charge >= 0.3 is 8.03 Å². The van der Waals surface area contributed by atoms with Crippen molar-refractivity contribution in [1.29, 1.82) is 0 Å². The summed E-state index contributed by atoms with van der Waals surface area (Å²) in [6.07, 6.45) is 3.68. The van der Waals surface area contributed by atoms with Crippen molar-refractivity contribution in [1.82, 2.24) is 4.98 Å². The van der Waals surface area contributed by atoms with Gasteiger partial charge in [-0.25, -0.2) is 4.39 Å². The lowest BCUT2D eigenvalue weighted by Gasteiger charge is -2.15. The van der Waals surface area contributed by atoms with Gasteiger partial charge in [-0.05, 0) is 46.7 Å². The first-order chi connectivity index (χ1) is 13.9. The van der Waals surface area contributed by atoms with E-state index in [2.05, 4.69) is 0 Å². The topological polar surface area (TPSA) is 39.2 Å². The highest BCUT2D eigenvalue weighted by Gasteiger charge is 2.31. The SMILES string of the molecule is CO[P+](=O)C(=CC(C)C)c1cnc(-c2ccccc2)c(C)c1-c1ccc(F)cc1. The fourth-order valence-electron chi connectivity index (χ4n) is 3.34. The minimum Gasteiger partial charge on any atom is -0.255 e. The van der Waals surface area contributed by atoms with Crippen molar-refractivity contribution in [3.8, 4) is 22.4 Å². The van der Waals surface area contributed by atoms with E-state index in [0.29, 0.717) is 5.31 Å². The maximum absolute atomic E-state index is 13.6. The van der Waals surface area contributed by atoms with E-state index in [4.69, 9.17) is 9.51 Å². The summed E-state index contributed by atoms with van der Waals surface area (Å²) in [5.74, 6) is -0.125. The van der Waals surface area contributed by atoms with Crippen LogP contribution in [-0.2, 0) is 9.09 Å². The van der Waals surface area contributed by atoms with Crippen molar-refractivity contribution in [2.75, 3.05) is 7.11 Å². The molecule has 0 amide bonds. The molecule has 0 saturated heterocycles. The quantitative estimate of drug-likeness (QED) is 0.403. The van der Waals surface area contributed by atoms with Crippen LogP contribution in [0.4, 0.5) is 4.39 Å². The molecule has 3 rings (SSSR count). The minimum atomic E-state index is -2.04. The summed E-state index contributed by atoms with van der Waals surface area (Å²) in [6.45, 7) is 6.04. The number of pyridine rings is 1. The molecule has 2 aromatic carbocycles. The zero-order valence-electron chi connectivity index (χ0n) is 17.0. The molecule has 0 fully saturated rings. The lowest BCUT2D eigenvalue weighted by Crippen LogP contribution is -1.99. The highest BCUT2D eigenvalue weighted by Crippen LogP contribution is 2.46. The molecular formula is C24H24FNO2P+. The first-order valence-corrected chi connectivity index (χ1v) is 10.6. The molecule has 0 radical (unpaired) electrons. The Morgan fingerprint density at radius 3 is 2.31 bits per heavy atom. The molecule has 1 unspecified atom stereocenters. The van der Waals surface area contributed by atoms with Crippen LogP contribution in [0, 0.1) is 18.7 Å². The Labute approximate surface area is 172 Å². The monoisotopic (exact) mass is 408 g/mol. The molecule has 1 atom stereocenters. The van der Waals surface area contributed by atoms with E-state index >= 15 is 0 Å². The molecule has 1 aromatic heterocycles. The maximum Gasteiger partial charge on any atom is 0.548 e. The summed E-state index contributed by atoms with van der Waals surface area (Å²) >= 11 is 0. The number of hydrogen-bond donors (Lipinski definition) is 0. The van der Waals surface area contributed by atoms with E-state index in [-0.39, 0.29) is 11.7 Å². The van der Waals surface area contributed by atoms with E-state index in [1.165, 1.54) is 19.2 Å². The summed E-state index contributed by atoms with van der Waals surface area (Å²) in [5, 5.41) is 0.604. The van der Waals surface area contributed by atoms with Crippen molar-refractivity contribution >= 4 is 13.3 Å². The van der Waals surface area contributed by atoms with Gasteiger partial charge in [0.25, 0.3) is 0 Å². The van der Waals surface area contributed by atoms with E-state index in [0.717, 1.165) is 33.5 Å². The number of rotatable bonds is 6. The molecule has 3 nitrogen and oxygen atoms in total. The van der Waals surface area contributed by atoms with Gasteiger partial charge in [0.15, 0.2) is 0 Å². The van der Waals surface area contributed by atoms with Gasteiger partial charge in [-0.2, -0.15) is 0 Å². The predicted molar refractivity (Wildman–Crippen MR) is 117 cm³/mol. The lowest BCUT2D eigenvalue weighted by molar-refractivity contribution is 0.424. The second-order valence-corrected chi connectivity index (χ2v) is 8.49. The summed E-state index contributed by atoms with van der Waals surface area (Å²) in [5.41, 5.74) is 5.23. The van der Waals surface area contributed by atoms with Crippen molar-refractivity contribution < 1.29 is 13.5 Å². The van der Waals surface area contributed by atoms with E-state index < -0.39 is 8.03 Å². The Kier molecular flexibility index (Phi) is 6.68. The Bertz CT molecular complexity index is 1040. The van der Waals surface area contributed by atoms with Crippen LogP contribution in [0.15, 0.2) is 66.9 Å². The lowest BCUT2D eigenvalue weighted by atomic mass is 9.92. The molecule has 0 spiro atoms. The third-order valence-corrected chi connectivity index (χ3v) is 5.75. The first-order valence-electron chi connectivity index (χ1n) is 9.47. The molecule has 5 heteroatoms. The minimum absolute atomic E-state index is 0.175. The van der Waals surface area contributed by atoms with Crippen molar-refractivity contribution in [3.63, 3.8) is 0 Å². The van der Waals surface area contributed by atoms with Crippen molar-refractivity contribution in [2.45, 2.75) is 20.8 Å². The van der Waals surface area contributed by atoms with Crippen LogP contribution in [0.5, 0.6) is 0 Å². The van der Waals surface area contributed by atoms with Crippen LogP contribution in [0.25, 0.3) is 27.7 Å². The normalized spacial score (nSPS) is 12.3. The Morgan fingerprint density at radius 1 is 1.07 bits per heavy atom. The maximum atomic E-state index is 13.6. The van der Waals surface area contributed by atoms with E-state index in [1.54, 1.807) is 18.3 Å². The second-order valence-electron chi connectivity index (χ2n) is 7.13. The second kappa shape index (κ2) is 9.21. The Morgan fingerprint density at radius 2 is 1.72 bits per heavy atom. The van der Waals surface area contributed by atoms with Crippen LogP contribution in [-0.4, -0.2) is 12.1 Å². The van der Waals surface area contributed by atoms with Gasteiger partial charge in [-0.15, -0.1) is 4.52 Å². The summed E-state index contributed by atoms with van der Waals surface area (Å²) in [6, 6.07) is 16.2. The molecule has 29 heavy (non-hydrogen) atoms. The number of allylic oxidation sites excluding steroid dienone is 1. The third-order valence-electron chi connectivity index (χ3n) is 4.63. The summed E-state index contributed by atoms with van der Waals surface area (Å²) in [7, 11) is -0.609. The van der Waals surface area contributed by atoms with Gasteiger partial charge in [-0.1, -0.05) is 56.3 Å². The van der Waals surface area contributed by atoms with Crippen LogP contribution < -0.4 is 0 Å². The van der Waals surface area contributed by atoms with Crippen LogP contribution in [0.2, 0.25) is 0 Å². The van der Waals surface area contributed by atoms with Crippen LogP contribution in [0.3, 0.4) is 0 Å². The summed E-state index contributed by atoms with van der Waals surface area (Å²) < 4.78 is 31.5. The predicted octanol–water partition coefficient (Wildman–Crippen LogP) is 7.25. The van der Waals surface area contributed by atoms with E-state index in [9.17, 15) is 8.96 Å². The highest BCUT2D eigenvalue weighted by atomic mass is 31.1. The van der Waals surface area contributed by atoms with Crippen LogP contribution >= 0.6 is 8.03 Å². The number of benzene rings is 2. The van der Waals surface area contributed by atoms with Crippen molar-refractivity contribution in [3.05, 3.63) is 83.8 Å². The molecule has 0 bridgehead atoms. The molecule has 0 aliphatic rings. The number of aromatic nitrogens is 1. The van der Waals surface area contributed by atoms with E-state index in [1.807, 2.05) is 57.2 Å². The average Bonchev–Trinajstić information content (AvgIpc) is 2.72. The Hall–Kier alpha value is -2.68. The van der Waals surface area contributed by atoms with Gasteiger partial charge in [0.1, 0.15) is 5.82 Å². The molecule has 1 heterocycles. The molecule has 0 N–H and O–H groups in total. The largest absolute Gasteiger partial charge is 0.548 e.